The predicted molar refractivity (Wildman–Crippen MR) is 54.4 cm³/mol. The van der Waals surface area contributed by atoms with E-state index in [-0.39, 0.29) is 12.5 Å². The van der Waals surface area contributed by atoms with Crippen molar-refractivity contribution in [2.45, 2.75) is 12.6 Å². The summed E-state index contributed by atoms with van der Waals surface area (Å²) in [5.41, 5.74) is 0.554. The molecule has 1 rings (SSSR count). The summed E-state index contributed by atoms with van der Waals surface area (Å²) in [6, 6.07) is 2.82. The lowest BCUT2D eigenvalue weighted by Gasteiger charge is -2.07. The molecular formula is C11H10F3NO2. The van der Waals surface area contributed by atoms with Gasteiger partial charge in [0, 0.05) is 24.2 Å². The highest BCUT2D eigenvalue weighted by Gasteiger charge is 2.28. The first-order valence-corrected chi connectivity index (χ1v) is 4.76. The first kappa shape index (κ1) is 13.3. The van der Waals surface area contributed by atoms with Crippen LogP contribution >= 0.6 is 0 Å². The Balaban J connectivity index is 2.54. The minimum absolute atomic E-state index is 0.0345. The topological polar surface area (TPSA) is 42.4 Å². The number of aliphatic hydroxyl groups is 1. The lowest BCUT2D eigenvalue weighted by atomic mass is 10.3. The van der Waals surface area contributed by atoms with Gasteiger partial charge in [-0.3, -0.25) is 0 Å². The molecule has 1 N–H and O–H groups in total. The maximum Gasteiger partial charge on any atom is 0.422 e. The van der Waals surface area contributed by atoms with Crippen molar-refractivity contribution in [3.8, 4) is 17.7 Å². The fourth-order valence-electron chi connectivity index (χ4n) is 0.916. The Morgan fingerprint density at radius 3 is 2.65 bits per heavy atom. The van der Waals surface area contributed by atoms with Crippen LogP contribution in [0.5, 0.6) is 5.88 Å². The van der Waals surface area contributed by atoms with Gasteiger partial charge in [-0.1, -0.05) is 11.8 Å². The lowest BCUT2D eigenvalue weighted by molar-refractivity contribution is -0.154. The van der Waals surface area contributed by atoms with Crippen molar-refractivity contribution in [2.75, 3.05) is 13.2 Å². The van der Waals surface area contributed by atoms with E-state index in [0.29, 0.717) is 12.0 Å². The number of nitrogens with zero attached hydrogens (tertiary/aromatic N) is 1. The minimum atomic E-state index is -4.37. The molecule has 0 aliphatic rings. The highest BCUT2D eigenvalue weighted by molar-refractivity contribution is 5.33. The van der Waals surface area contributed by atoms with E-state index in [1.807, 2.05) is 0 Å². The first-order chi connectivity index (χ1) is 8.01. The van der Waals surface area contributed by atoms with Gasteiger partial charge in [0.25, 0.3) is 0 Å². The van der Waals surface area contributed by atoms with E-state index >= 15 is 0 Å². The third-order valence-electron chi connectivity index (χ3n) is 1.59. The van der Waals surface area contributed by atoms with Gasteiger partial charge in [0.1, 0.15) is 0 Å². The third kappa shape index (κ3) is 5.78. The van der Waals surface area contributed by atoms with Crippen molar-refractivity contribution in [3.05, 3.63) is 23.9 Å². The molecule has 3 nitrogen and oxygen atoms in total. The molecule has 0 aliphatic heterocycles. The number of aliphatic hydroxyl groups excluding tert-OH is 1. The molecule has 0 saturated heterocycles. The van der Waals surface area contributed by atoms with Crippen molar-refractivity contribution in [1.29, 1.82) is 0 Å². The summed E-state index contributed by atoms with van der Waals surface area (Å²) < 4.78 is 39.9. The molecule has 0 fully saturated rings. The van der Waals surface area contributed by atoms with E-state index < -0.39 is 12.8 Å². The second kappa shape index (κ2) is 6.11. The largest absolute Gasteiger partial charge is 0.468 e. The quantitative estimate of drug-likeness (QED) is 0.825. The number of alkyl halides is 3. The van der Waals surface area contributed by atoms with Crippen LogP contribution in [0.25, 0.3) is 0 Å². The van der Waals surface area contributed by atoms with E-state index in [0.717, 1.165) is 0 Å². The molecule has 0 unspecified atom stereocenters. The summed E-state index contributed by atoms with van der Waals surface area (Å²) in [4.78, 5) is 3.67. The van der Waals surface area contributed by atoms with Gasteiger partial charge in [-0.05, 0) is 6.07 Å². The Kier molecular flexibility index (Phi) is 4.79. The van der Waals surface area contributed by atoms with Gasteiger partial charge in [-0.15, -0.1) is 0 Å². The normalized spacial score (nSPS) is 10.6. The molecule has 0 atom stereocenters. The minimum Gasteiger partial charge on any atom is -0.468 e. The smallest absolute Gasteiger partial charge is 0.422 e. The fraction of sp³-hybridized carbons (Fsp3) is 0.364. The Morgan fingerprint density at radius 1 is 1.35 bits per heavy atom. The van der Waals surface area contributed by atoms with Crippen molar-refractivity contribution in [2.24, 2.45) is 0 Å². The standard InChI is InChI=1S/C11H10F3NO2/c12-11(13,14)8-17-10-5-4-9(7-15-10)3-1-2-6-16/h4-5,7,16H,2,6,8H2. The van der Waals surface area contributed by atoms with Crippen molar-refractivity contribution in [3.63, 3.8) is 0 Å². The van der Waals surface area contributed by atoms with Crippen LogP contribution < -0.4 is 4.74 Å². The number of ether oxygens (including phenoxy) is 1. The predicted octanol–water partition coefficient (Wildman–Crippen LogP) is 1.76. The summed E-state index contributed by atoms with van der Waals surface area (Å²) in [7, 11) is 0. The van der Waals surface area contributed by atoms with Crippen molar-refractivity contribution < 1.29 is 23.0 Å². The van der Waals surface area contributed by atoms with Gasteiger partial charge < -0.3 is 9.84 Å². The maximum atomic E-state index is 11.8. The zero-order valence-corrected chi connectivity index (χ0v) is 8.79. The summed E-state index contributed by atoms with van der Waals surface area (Å²) in [5, 5.41) is 8.49. The zero-order chi connectivity index (χ0) is 12.7. The van der Waals surface area contributed by atoms with Gasteiger partial charge in [0.15, 0.2) is 6.61 Å². The second-order valence-corrected chi connectivity index (χ2v) is 3.06. The summed E-state index contributed by atoms with van der Waals surface area (Å²) in [6.07, 6.45) is -2.72. The molecule has 0 saturated carbocycles. The summed E-state index contributed by atoms with van der Waals surface area (Å²) in [6.45, 7) is -1.40. The van der Waals surface area contributed by atoms with Crippen LogP contribution in [0.15, 0.2) is 18.3 Å². The van der Waals surface area contributed by atoms with Gasteiger partial charge >= 0.3 is 6.18 Å². The van der Waals surface area contributed by atoms with Gasteiger partial charge in [-0.2, -0.15) is 13.2 Å². The molecule has 0 amide bonds. The Labute approximate surface area is 96.2 Å². The average molecular weight is 245 g/mol. The van der Waals surface area contributed by atoms with Crippen LogP contribution in [-0.2, 0) is 0 Å². The number of rotatable bonds is 3. The summed E-state index contributed by atoms with van der Waals surface area (Å²) >= 11 is 0. The molecule has 0 spiro atoms. The van der Waals surface area contributed by atoms with Gasteiger partial charge in [-0.25, -0.2) is 4.98 Å². The average Bonchev–Trinajstić information content (AvgIpc) is 2.27. The van der Waals surface area contributed by atoms with Crippen molar-refractivity contribution in [1.82, 2.24) is 4.98 Å². The zero-order valence-electron chi connectivity index (χ0n) is 8.79. The molecule has 1 heterocycles. The van der Waals surface area contributed by atoms with Crippen LogP contribution in [-0.4, -0.2) is 29.5 Å². The first-order valence-electron chi connectivity index (χ1n) is 4.76. The molecule has 1 aromatic heterocycles. The van der Waals surface area contributed by atoms with Gasteiger partial charge in [0.2, 0.25) is 5.88 Å². The number of pyridine rings is 1. The van der Waals surface area contributed by atoms with E-state index in [1.165, 1.54) is 18.3 Å². The second-order valence-electron chi connectivity index (χ2n) is 3.06. The van der Waals surface area contributed by atoms with Crippen LogP contribution in [0.4, 0.5) is 13.2 Å². The highest BCUT2D eigenvalue weighted by Crippen LogP contribution is 2.16. The molecule has 0 aliphatic carbocycles. The molecular weight excluding hydrogens is 235 g/mol. The number of halogens is 3. The molecule has 0 radical (unpaired) electrons. The SMILES string of the molecule is OCCC#Cc1ccc(OCC(F)(F)F)nc1. The van der Waals surface area contributed by atoms with E-state index in [4.69, 9.17) is 5.11 Å². The Bertz CT molecular complexity index is 403. The van der Waals surface area contributed by atoms with Crippen LogP contribution in [0.3, 0.4) is 0 Å². The number of hydrogen-bond acceptors (Lipinski definition) is 3. The Hall–Kier alpha value is -1.74. The van der Waals surface area contributed by atoms with Crippen LogP contribution in [0.1, 0.15) is 12.0 Å². The lowest BCUT2D eigenvalue weighted by Crippen LogP contribution is -2.19. The van der Waals surface area contributed by atoms with E-state index in [2.05, 4.69) is 21.6 Å². The number of hydrogen-bond donors (Lipinski definition) is 1. The van der Waals surface area contributed by atoms with Crippen LogP contribution in [0.2, 0.25) is 0 Å². The van der Waals surface area contributed by atoms with Gasteiger partial charge in [0.05, 0.1) is 6.61 Å². The summed E-state index contributed by atoms with van der Waals surface area (Å²) in [5.74, 6) is 5.26. The highest BCUT2D eigenvalue weighted by atomic mass is 19.4. The molecule has 17 heavy (non-hydrogen) atoms. The van der Waals surface area contributed by atoms with E-state index in [1.54, 1.807) is 0 Å². The fourth-order valence-corrected chi connectivity index (χ4v) is 0.916. The monoisotopic (exact) mass is 245 g/mol. The third-order valence-corrected chi connectivity index (χ3v) is 1.59. The molecule has 0 aromatic carbocycles. The number of aromatic nitrogens is 1. The van der Waals surface area contributed by atoms with Crippen molar-refractivity contribution >= 4 is 0 Å². The van der Waals surface area contributed by atoms with E-state index in [9.17, 15) is 13.2 Å². The molecule has 6 heteroatoms. The Morgan fingerprint density at radius 2 is 2.12 bits per heavy atom. The van der Waals surface area contributed by atoms with Crippen LogP contribution in [0, 0.1) is 11.8 Å². The maximum absolute atomic E-state index is 11.8. The molecule has 0 bridgehead atoms. The molecule has 92 valence electrons. The molecule has 1 aromatic rings.